The van der Waals surface area contributed by atoms with Crippen LogP contribution in [0.5, 0.6) is 0 Å². The van der Waals surface area contributed by atoms with Gasteiger partial charge in [-0.05, 0) is 24.6 Å². The molecule has 0 atom stereocenters. The highest BCUT2D eigenvalue weighted by molar-refractivity contribution is 7.89. The summed E-state index contributed by atoms with van der Waals surface area (Å²) in [6, 6.07) is 5.98. The minimum Gasteiger partial charge on any atom is -0.379 e. The van der Waals surface area contributed by atoms with Gasteiger partial charge in [0, 0.05) is 18.7 Å². The average Bonchev–Trinajstić information content (AvgIpc) is 3.10. The Bertz CT molecular complexity index is 860. The van der Waals surface area contributed by atoms with Crippen molar-refractivity contribution in [2.45, 2.75) is 18.2 Å². The molecule has 1 fully saturated rings. The van der Waals surface area contributed by atoms with Crippen molar-refractivity contribution in [2.24, 2.45) is 0 Å². The molecular formula is C15H18N4O4S2. The maximum atomic E-state index is 12.7. The molecule has 2 aromatic rings. The number of hydrogen-bond donors (Lipinski definition) is 1. The van der Waals surface area contributed by atoms with E-state index >= 15 is 0 Å². The monoisotopic (exact) mass is 382 g/mol. The highest BCUT2D eigenvalue weighted by atomic mass is 32.2. The van der Waals surface area contributed by atoms with Gasteiger partial charge < -0.3 is 4.74 Å². The van der Waals surface area contributed by atoms with Gasteiger partial charge in [0.15, 0.2) is 0 Å². The number of benzene rings is 1. The van der Waals surface area contributed by atoms with Crippen molar-refractivity contribution in [1.82, 2.24) is 14.5 Å². The average molecular weight is 382 g/mol. The molecule has 1 amide bonds. The van der Waals surface area contributed by atoms with Crippen molar-refractivity contribution < 1.29 is 17.9 Å². The van der Waals surface area contributed by atoms with Crippen LogP contribution in [-0.4, -0.2) is 55.1 Å². The van der Waals surface area contributed by atoms with Crippen molar-refractivity contribution >= 4 is 32.4 Å². The molecule has 3 rings (SSSR count). The zero-order chi connectivity index (χ0) is 17.9. The molecule has 1 aliphatic heterocycles. The summed E-state index contributed by atoms with van der Waals surface area (Å²) in [6.45, 7) is 3.31. The van der Waals surface area contributed by atoms with E-state index in [1.54, 1.807) is 12.1 Å². The van der Waals surface area contributed by atoms with E-state index in [2.05, 4.69) is 15.5 Å². The lowest BCUT2D eigenvalue weighted by molar-refractivity contribution is 0.0730. The van der Waals surface area contributed by atoms with E-state index in [9.17, 15) is 13.2 Å². The second-order valence-corrected chi connectivity index (χ2v) is 8.35. The molecule has 1 aromatic heterocycles. The van der Waals surface area contributed by atoms with Gasteiger partial charge in [0.1, 0.15) is 5.01 Å². The maximum Gasteiger partial charge on any atom is 0.257 e. The summed E-state index contributed by atoms with van der Waals surface area (Å²) < 4.78 is 31.9. The molecule has 1 aromatic carbocycles. The van der Waals surface area contributed by atoms with E-state index < -0.39 is 15.9 Å². The predicted octanol–water partition coefficient (Wildman–Crippen LogP) is 1.37. The van der Waals surface area contributed by atoms with E-state index in [4.69, 9.17) is 4.74 Å². The fourth-order valence-electron chi connectivity index (χ4n) is 2.35. The van der Waals surface area contributed by atoms with Crippen molar-refractivity contribution in [3.8, 4) is 0 Å². The lowest BCUT2D eigenvalue weighted by Gasteiger charge is -2.26. The van der Waals surface area contributed by atoms with E-state index in [1.165, 1.54) is 27.8 Å². The molecule has 0 aliphatic carbocycles. The van der Waals surface area contributed by atoms with Gasteiger partial charge in [0.25, 0.3) is 5.91 Å². The van der Waals surface area contributed by atoms with Gasteiger partial charge in [-0.3, -0.25) is 10.1 Å². The minimum atomic E-state index is -3.64. The molecule has 134 valence electrons. The van der Waals surface area contributed by atoms with Crippen LogP contribution in [0.15, 0.2) is 29.2 Å². The normalized spacial score (nSPS) is 15.9. The van der Waals surface area contributed by atoms with Gasteiger partial charge in [-0.25, -0.2) is 8.42 Å². The molecule has 2 heterocycles. The van der Waals surface area contributed by atoms with Crippen LogP contribution in [0.1, 0.15) is 22.3 Å². The number of sulfonamides is 1. The minimum absolute atomic E-state index is 0.0913. The molecule has 10 heteroatoms. The molecule has 0 unspecified atom stereocenters. The van der Waals surface area contributed by atoms with E-state index in [0.29, 0.717) is 31.4 Å². The summed E-state index contributed by atoms with van der Waals surface area (Å²) in [5, 5.41) is 11.7. The molecular weight excluding hydrogens is 364 g/mol. The molecule has 0 radical (unpaired) electrons. The number of anilines is 1. The fraction of sp³-hybridized carbons (Fsp3) is 0.400. The van der Waals surface area contributed by atoms with Crippen LogP contribution in [0.2, 0.25) is 0 Å². The van der Waals surface area contributed by atoms with E-state index in [-0.39, 0.29) is 10.5 Å². The number of nitrogens with one attached hydrogen (secondary N) is 1. The number of nitrogens with zero attached hydrogens (tertiary/aromatic N) is 3. The first kappa shape index (κ1) is 17.9. The second-order valence-electron chi connectivity index (χ2n) is 5.35. The largest absolute Gasteiger partial charge is 0.379 e. The summed E-state index contributed by atoms with van der Waals surface area (Å²) in [5.41, 5.74) is 0.252. The van der Waals surface area contributed by atoms with Gasteiger partial charge in [-0.2, -0.15) is 4.31 Å². The molecule has 1 N–H and O–H groups in total. The number of aromatic nitrogens is 2. The third-order valence-corrected chi connectivity index (χ3v) is 6.57. The van der Waals surface area contributed by atoms with Gasteiger partial charge >= 0.3 is 0 Å². The lowest BCUT2D eigenvalue weighted by atomic mass is 10.2. The SMILES string of the molecule is CCc1nnc(NC(=O)c2cccc(S(=O)(=O)N3CCOCC3)c2)s1. The van der Waals surface area contributed by atoms with E-state index in [1.807, 2.05) is 6.92 Å². The number of carbonyl (C=O) groups excluding carboxylic acids is 1. The van der Waals surface area contributed by atoms with Crippen LogP contribution in [0.25, 0.3) is 0 Å². The summed E-state index contributed by atoms with van der Waals surface area (Å²) in [7, 11) is -3.64. The maximum absolute atomic E-state index is 12.7. The third-order valence-electron chi connectivity index (χ3n) is 3.69. The third kappa shape index (κ3) is 4.03. The second kappa shape index (κ2) is 7.56. The number of morpholine rings is 1. The first-order valence-electron chi connectivity index (χ1n) is 7.82. The first-order valence-corrected chi connectivity index (χ1v) is 10.1. The summed E-state index contributed by atoms with van der Waals surface area (Å²) in [4.78, 5) is 12.5. The molecule has 0 saturated carbocycles. The number of amides is 1. The summed E-state index contributed by atoms with van der Waals surface area (Å²) >= 11 is 1.29. The van der Waals surface area contributed by atoms with Crippen LogP contribution in [0, 0.1) is 0 Å². The Kier molecular flexibility index (Phi) is 5.42. The Morgan fingerprint density at radius 1 is 1.32 bits per heavy atom. The van der Waals surface area contributed by atoms with Gasteiger partial charge in [0.2, 0.25) is 15.2 Å². The molecule has 25 heavy (non-hydrogen) atoms. The molecule has 0 spiro atoms. The number of aryl methyl sites for hydroxylation is 1. The van der Waals surface area contributed by atoms with Crippen LogP contribution in [0.4, 0.5) is 5.13 Å². The van der Waals surface area contributed by atoms with Crippen LogP contribution < -0.4 is 5.32 Å². The molecule has 1 saturated heterocycles. The highest BCUT2D eigenvalue weighted by Crippen LogP contribution is 2.20. The Hall–Kier alpha value is -1.88. The van der Waals surface area contributed by atoms with E-state index in [0.717, 1.165) is 11.4 Å². The zero-order valence-electron chi connectivity index (χ0n) is 13.6. The standard InChI is InChI=1S/C15H18N4O4S2/c1-2-13-17-18-15(24-13)16-14(20)11-4-3-5-12(10-11)25(21,22)19-6-8-23-9-7-19/h3-5,10H,2,6-9H2,1H3,(H,16,18,20). The van der Waals surface area contributed by atoms with Crippen LogP contribution >= 0.6 is 11.3 Å². The smallest absolute Gasteiger partial charge is 0.257 e. The van der Waals surface area contributed by atoms with Crippen molar-refractivity contribution in [2.75, 3.05) is 31.6 Å². The van der Waals surface area contributed by atoms with Gasteiger partial charge in [-0.15, -0.1) is 10.2 Å². The number of rotatable bonds is 5. The van der Waals surface area contributed by atoms with Crippen molar-refractivity contribution in [3.63, 3.8) is 0 Å². The van der Waals surface area contributed by atoms with Gasteiger partial charge in [0.05, 0.1) is 18.1 Å². The highest BCUT2D eigenvalue weighted by Gasteiger charge is 2.27. The fourth-order valence-corrected chi connectivity index (χ4v) is 4.48. The topological polar surface area (TPSA) is 101 Å². The Morgan fingerprint density at radius 3 is 2.76 bits per heavy atom. The lowest BCUT2D eigenvalue weighted by Crippen LogP contribution is -2.40. The Balaban J connectivity index is 1.79. The number of carbonyl (C=O) groups is 1. The van der Waals surface area contributed by atoms with Gasteiger partial charge in [-0.1, -0.05) is 24.3 Å². The Morgan fingerprint density at radius 2 is 2.08 bits per heavy atom. The molecule has 0 bridgehead atoms. The molecule has 1 aliphatic rings. The number of ether oxygens (including phenoxy) is 1. The zero-order valence-corrected chi connectivity index (χ0v) is 15.3. The summed E-state index contributed by atoms with van der Waals surface area (Å²) in [5.74, 6) is -0.419. The van der Waals surface area contributed by atoms with Crippen molar-refractivity contribution in [3.05, 3.63) is 34.8 Å². The van der Waals surface area contributed by atoms with Crippen LogP contribution in [-0.2, 0) is 21.2 Å². The Labute approximate surface area is 149 Å². The first-order chi connectivity index (χ1) is 12.0. The predicted molar refractivity (Wildman–Crippen MR) is 93.3 cm³/mol. The van der Waals surface area contributed by atoms with Crippen LogP contribution in [0.3, 0.4) is 0 Å². The molecule has 8 nitrogen and oxygen atoms in total. The van der Waals surface area contributed by atoms with Crippen molar-refractivity contribution in [1.29, 1.82) is 0 Å². The quantitative estimate of drug-likeness (QED) is 0.838. The summed E-state index contributed by atoms with van der Waals surface area (Å²) in [6.07, 6.45) is 0.737. The number of hydrogen-bond acceptors (Lipinski definition) is 7.